The monoisotopic (exact) mass is 252 g/mol. The maximum Gasteiger partial charge on any atom is 0.221 e. The minimum atomic E-state index is 0. The molecule has 0 aromatic carbocycles. The van der Waals surface area contributed by atoms with Crippen molar-refractivity contribution in [3.63, 3.8) is 0 Å². The van der Waals surface area contributed by atoms with E-state index in [9.17, 15) is 4.79 Å². The van der Waals surface area contributed by atoms with Crippen LogP contribution in [0.3, 0.4) is 0 Å². The van der Waals surface area contributed by atoms with Gasteiger partial charge in [0, 0.05) is 26.1 Å². The summed E-state index contributed by atoms with van der Waals surface area (Å²) in [5.74, 6) is 0.757. The molecule has 4 nitrogen and oxygen atoms in total. The van der Waals surface area contributed by atoms with E-state index in [1.54, 1.807) is 0 Å². The third kappa shape index (κ3) is 13.7. The number of nitrogens with one attached hydrogen (secondary N) is 2. The van der Waals surface area contributed by atoms with Gasteiger partial charge in [-0.1, -0.05) is 13.8 Å². The summed E-state index contributed by atoms with van der Waals surface area (Å²) in [5.41, 5.74) is 0. The Morgan fingerprint density at radius 3 is 2.50 bits per heavy atom. The minimum absolute atomic E-state index is 0. The van der Waals surface area contributed by atoms with Crippen LogP contribution < -0.4 is 10.6 Å². The Morgan fingerprint density at radius 1 is 1.25 bits per heavy atom. The molecule has 0 aliphatic carbocycles. The number of ether oxygens (including phenoxy) is 1. The Kier molecular flexibility index (Phi) is 14.4. The first-order valence-electron chi connectivity index (χ1n) is 5.66. The first kappa shape index (κ1) is 18.1. The fourth-order valence-electron chi connectivity index (χ4n) is 1.01. The van der Waals surface area contributed by atoms with Crippen LogP contribution in [0.5, 0.6) is 0 Å². The second kappa shape index (κ2) is 12.7. The molecule has 0 saturated heterocycles. The van der Waals surface area contributed by atoms with E-state index in [1.165, 1.54) is 0 Å². The van der Waals surface area contributed by atoms with Crippen molar-refractivity contribution in [1.82, 2.24) is 10.6 Å². The number of rotatable bonds is 9. The summed E-state index contributed by atoms with van der Waals surface area (Å²) in [6, 6.07) is 0. The molecule has 5 heteroatoms. The molecule has 0 fully saturated rings. The van der Waals surface area contributed by atoms with E-state index < -0.39 is 0 Å². The van der Waals surface area contributed by atoms with Crippen LogP contribution in [0.25, 0.3) is 0 Å². The second-order valence-electron chi connectivity index (χ2n) is 4.00. The number of hydrogen-bond acceptors (Lipinski definition) is 3. The number of amides is 1. The van der Waals surface area contributed by atoms with Crippen LogP contribution in [0.4, 0.5) is 0 Å². The van der Waals surface area contributed by atoms with Crippen LogP contribution in [0.2, 0.25) is 0 Å². The quantitative estimate of drug-likeness (QED) is 0.607. The van der Waals surface area contributed by atoms with Gasteiger partial charge in [0.05, 0.1) is 6.61 Å². The lowest BCUT2D eigenvalue weighted by atomic mass is 10.1. The SMILES string of the molecule is CNCCC(=O)NCCOCCC(C)C.Cl. The second-order valence-corrected chi connectivity index (χ2v) is 4.00. The number of hydrogen-bond donors (Lipinski definition) is 2. The lowest BCUT2D eigenvalue weighted by Gasteiger charge is -2.07. The average molecular weight is 253 g/mol. The number of carbonyl (C=O) groups is 1. The van der Waals surface area contributed by atoms with Gasteiger partial charge in [-0.3, -0.25) is 4.79 Å². The lowest BCUT2D eigenvalue weighted by molar-refractivity contribution is -0.121. The molecule has 0 heterocycles. The first-order chi connectivity index (χ1) is 7.16. The van der Waals surface area contributed by atoms with Crippen molar-refractivity contribution >= 4 is 18.3 Å². The van der Waals surface area contributed by atoms with Crippen molar-refractivity contribution in [1.29, 1.82) is 0 Å². The first-order valence-corrected chi connectivity index (χ1v) is 5.66. The molecule has 0 aliphatic heterocycles. The van der Waals surface area contributed by atoms with Gasteiger partial charge in [0.2, 0.25) is 5.91 Å². The van der Waals surface area contributed by atoms with Crippen molar-refractivity contribution in [2.24, 2.45) is 5.92 Å². The Bertz CT molecular complexity index is 166. The zero-order chi connectivity index (χ0) is 11.5. The van der Waals surface area contributed by atoms with Crippen molar-refractivity contribution in [2.75, 3.05) is 33.4 Å². The molecule has 1 amide bonds. The van der Waals surface area contributed by atoms with Crippen molar-refractivity contribution in [2.45, 2.75) is 26.7 Å². The molecule has 16 heavy (non-hydrogen) atoms. The van der Waals surface area contributed by atoms with Crippen molar-refractivity contribution in [3.8, 4) is 0 Å². The van der Waals surface area contributed by atoms with Gasteiger partial charge in [-0.2, -0.15) is 0 Å². The zero-order valence-corrected chi connectivity index (χ0v) is 11.4. The molecule has 98 valence electrons. The fraction of sp³-hybridized carbons (Fsp3) is 0.909. The number of halogens is 1. The largest absolute Gasteiger partial charge is 0.380 e. The summed E-state index contributed by atoms with van der Waals surface area (Å²) >= 11 is 0. The van der Waals surface area contributed by atoms with Crippen LogP contribution in [0, 0.1) is 5.92 Å². The number of carbonyl (C=O) groups excluding carboxylic acids is 1. The van der Waals surface area contributed by atoms with Gasteiger partial charge < -0.3 is 15.4 Å². The van der Waals surface area contributed by atoms with Crippen LogP contribution in [0.1, 0.15) is 26.7 Å². The van der Waals surface area contributed by atoms with E-state index in [1.807, 2.05) is 7.05 Å². The van der Waals surface area contributed by atoms with Gasteiger partial charge in [-0.15, -0.1) is 12.4 Å². The van der Waals surface area contributed by atoms with Gasteiger partial charge in [0.25, 0.3) is 0 Å². The molecule has 0 rings (SSSR count). The molecular formula is C11H25ClN2O2. The van der Waals surface area contributed by atoms with E-state index >= 15 is 0 Å². The smallest absolute Gasteiger partial charge is 0.221 e. The van der Waals surface area contributed by atoms with Gasteiger partial charge in [-0.25, -0.2) is 0 Å². The van der Waals surface area contributed by atoms with E-state index in [0.29, 0.717) is 25.5 Å². The fourth-order valence-corrected chi connectivity index (χ4v) is 1.01. The molecule has 0 aromatic heterocycles. The molecule has 0 aromatic rings. The summed E-state index contributed by atoms with van der Waals surface area (Å²) in [5, 5.41) is 5.73. The lowest BCUT2D eigenvalue weighted by Crippen LogP contribution is -2.29. The standard InChI is InChI=1S/C11H24N2O2.ClH/c1-10(2)5-8-15-9-7-13-11(14)4-6-12-3;/h10,12H,4-9H2,1-3H3,(H,13,14);1H. The Labute approximate surface area is 105 Å². The summed E-state index contributed by atoms with van der Waals surface area (Å²) in [7, 11) is 1.84. The highest BCUT2D eigenvalue weighted by molar-refractivity contribution is 5.85. The van der Waals surface area contributed by atoms with Crippen LogP contribution in [0.15, 0.2) is 0 Å². The van der Waals surface area contributed by atoms with E-state index in [-0.39, 0.29) is 18.3 Å². The maximum atomic E-state index is 11.1. The molecule has 0 aliphatic rings. The topological polar surface area (TPSA) is 50.4 Å². The average Bonchev–Trinajstić information content (AvgIpc) is 2.19. The predicted molar refractivity (Wildman–Crippen MR) is 69.1 cm³/mol. The Morgan fingerprint density at radius 2 is 1.94 bits per heavy atom. The minimum Gasteiger partial charge on any atom is -0.380 e. The zero-order valence-electron chi connectivity index (χ0n) is 10.5. The summed E-state index contributed by atoms with van der Waals surface area (Å²) in [6.45, 7) is 7.06. The highest BCUT2D eigenvalue weighted by Crippen LogP contribution is 1.98. The van der Waals surface area contributed by atoms with Crippen molar-refractivity contribution in [3.05, 3.63) is 0 Å². The molecule has 0 unspecified atom stereocenters. The van der Waals surface area contributed by atoms with E-state index in [2.05, 4.69) is 24.5 Å². The third-order valence-corrected chi connectivity index (χ3v) is 2.01. The summed E-state index contributed by atoms with van der Waals surface area (Å²) in [4.78, 5) is 11.1. The van der Waals surface area contributed by atoms with Crippen LogP contribution in [-0.4, -0.2) is 39.3 Å². The maximum absolute atomic E-state index is 11.1. The van der Waals surface area contributed by atoms with E-state index in [0.717, 1.165) is 19.6 Å². The van der Waals surface area contributed by atoms with Gasteiger partial charge in [-0.05, 0) is 19.4 Å². The van der Waals surface area contributed by atoms with Gasteiger partial charge >= 0.3 is 0 Å². The molecule has 0 bridgehead atoms. The summed E-state index contributed by atoms with van der Waals surface area (Å²) < 4.78 is 5.37. The van der Waals surface area contributed by atoms with Gasteiger partial charge in [0.15, 0.2) is 0 Å². The van der Waals surface area contributed by atoms with Gasteiger partial charge in [0.1, 0.15) is 0 Å². The Hall–Kier alpha value is -0.320. The molecule has 0 saturated carbocycles. The highest BCUT2D eigenvalue weighted by atomic mass is 35.5. The molecular weight excluding hydrogens is 228 g/mol. The molecule has 0 atom stereocenters. The third-order valence-electron chi connectivity index (χ3n) is 2.01. The van der Waals surface area contributed by atoms with Crippen LogP contribution in [-0.2, 0) is 9.53 Å². The predicted octanol–water partition coefficient (Wildman–Crippen LogP) is 1.20. The Balaban J connectivity index is 0. The highest BCUT2D eigenvalue weighted by Gasteiger charge is 1.98. The summed E-state index contributed by atoms with van der Waals surface area (Å²) in [6.07, 6.45) is 1.61. The van der Waals surface area contributed by atoms with E-state index in [4.69, 9.17) is 4.74 Å². The van der Waals surface area contributed by atoms with Crippen molar-refractivity contribution < 1.29 is 9.53 Å². The normalized spacial score (nSPS) is 10.0. The van der Waals surface area contributed by atoms with Crippen LogP contribution >= 0.6 is 12.4 Å². The molecule has 0 spiro atoms. The molecule has 0 radical (unpaired) electrons. The molecule has 2 N–H and O–H groups in total.